The van der Waals surface area contributed by atoms with Gasteiger partial charge in [0, 0.05) is 0 Å². The van der Waals surface area contributed by atoms with E-state index in [0.29, 0.717) is 15.0 Å². The van der Waals surface area contributed by atoms with Crippen LogP contribution in [0.5, 0.6) is 0 Å². The Morgan fingerprint density at radius 3 is 2.08 bits per heavy atom. The van der Waals surface area contributed by atoms with Crippen molar-refractivity contribution in [3.63, 3.8) is 0 Å². The van der Waals surface area contributed by atoms with Crippen molar-refractivity contribution in [2.24, 2.45) is 0 Å². The number of nitrogens with zero attached hydrogens (tertiary/aromatic N) is 1. The zero-order valence-corrected chi connectivity index (χ0v) is 15.6. The first kappa shape index (κ1) is 16.1. The molecule has 0 fully saturated rings. The first-order valence-electron chi connectivity index (χ1n) is 8.49. The third kappa shape index (κ3) is 3.84. The molecule has 0 aliphatic carbocycles. The Balaban J connectivity index is 1.56. The van der Waals surface area contributed by atoms with Crippen molar-refractivity contribution in [2.45, 2.75) is 11.4 Å². The van der Waals surface area contributed by atoms with Gasteiger partial charge in [0.1, 0.15) is 0 Å². The summed E-state index contributed by atoms with van der Waals surface area (Å²) in [5.74, 6) is 0.973. The van der Waals surface area contributed by atoms with Crippen LogP contribution >= 0.6 is 0 Å². The summed E-state index contributed by atoms with van der Waals surface area (Å²) in [6.45, 7) is 0.906. The van der Waals surface area contributed by atoms with Gasteiger partial charge in [-0.3, -0.25) is 0 Å². The second-order valence-corrected chi connectivity index (χ2v) is 8.28. The number of benzene rings is 3. The van der Waals surface area contributed by atoms with Crippen molar-refractivity contribution in [3.8, 4) is 0 Å². The Hall–Kier alpha value is -2.35. The van der Waals surface area contributed by atoms with Crippen LogP contribution in [0.15, 0.2) is 91.0 Å². The molecule has 3 aromatic carbocycles. The SMILES string of the molecule is c1ccc([Se]CC2C[N+](c3ccccc3)=C(c3ccccc3)O2)cc1. The summed E-state index contributed by atoms with van der Waals surface area (Å²) in [7, 11) is 0. The van der Waals surface area contributed by atoms with E-state index in [4.69, 9.17) is 4.74 Å². The van der Waals surface area contributed by atoms with Crippen LogP contribution in [0.3, 0.4) is 0 Å². The summed E-state index contributed by atoms with van der Waals surface area (Å²) < 4.78 is 10.1. The van der Waals surface area contributed by atoms with Crippen LogP contribution in [0.25, 0.3) is 0 Å². The summed E-state index contributed by atoms with van der Waals surface area (Å²) in [6.07, 6.45) is 0.232. The molecule has 1 atom stereocenters. The van der Waals surface area contributed by atoms with Crippen LogP contribution in [0, 0.1) is 0 Å². The normalized spacial score (nSPS) is 16.7. The number of para-hydroxylation sites is 1. The molecule has 25 heavy (non-hydrogen) atoms. The minimum atomic E-state index is 0.232. The van der Waals surface area contributed by atoms with Crippen molar-refractivity contribution >= 4 is 31.0 Å². The molecule has 0 saturated carbocycles. The Morgan fingerprint density at radius 2 is 1.40 bits per heavy atom. The third-order valence-electron chi connectivity index (χ3n) is 4.18. The minimum absolute atomic E-state index is 0.232. The van der Waals surface area contributed by atoms with Gasteiger partial charge in [0.25, 0.3) is 0 Å². The van der Waals surface area contributed by atoms with Crippen LogP contribution in [0.4, 0.5) is 5.69 Å². The van der Waals surface area contributed by atoms with Gasteiger partial charge >= 0.3 is 155 Å². The Kier molecular flexibility index (Phi) is 4.96. The molecule has 0 N–H and O–H groups in total. The molecule has 1 aliphatic heterocycles. The maximum atomic E-state index is 6.39. The number of rotatable bonds is 5. The van der Waals surface area contributed by atoms with Crippen LogP contribution in [0.1, 0.15) is 5.56 Å². The van der Waals surface area contributed by atoms with Crippen molar-refractivity contribution in [2.75, 3.05) is 6.54 Å². The van der Waals surface area contributed by atoms with E-state index in [-0.39, 0.29) is 6.10 Å². The molecule has 0 bridgehead atoms. The van der Waals surface area contributed by atoms with Gasteiger partial charge in [0.2, 0.25) is 0 Å². The fraction of sp³-hybridized carbons (Fsp3) is 0.136. The summed E-state index contributed by atoms with van der Waals surface area (Å²) >= 11 is 0.431. The van der Waals surface area contributed by atoms with E-state index in [9.17, 15) is 0 Å². The molecule has 3 aromatic rings. The van der Waals surface area contributed by atoms with Crippen LogP contribution in [-0.2, 0) is 4.74 Å². The average Bonchev–Trinajstić information content (AvgIpc) is 3.13. The molecule has 0 amide bonds. The van der Waals surface area contributed by atoms with E-state index in [1.807, 2.05) is 6.07 Å². The molecular formula is C22H20NOSe+. The van der Waals surface area contributed by atoms with Crippen LogP contribution in [-0.4, -0.2) is 38.1 Å². The molecule has 1 unspecified atom stereocenters. The molecule has 124 valence electrons. The van der Waals surface area contributed by atoms with Gasteiger partial charge in [0.15, 0.2) is 0 Å². The van der Waals surface area contributed by atoms with Crippen LogP contribution < -0.4 is 4.46 Å². The Labute approximate surface area is 154 Å². The van der Waals surface area contributed by atoms with Gasteiger partial charge in [-0.15, -0.1) is 0 Å². The fourth-order valence-corrected chi connectivity index (χ4v) is 4.86. The molecule has 0 spiro atoms. The summed E-state index contributed by atoms with van der Waals surface area (Å²) in [4.78, 5) is 0. The van der Waals surface area contributed by atoms with Gasteiger partial charge in [0.05, 0.1) is 0 Å². The molecule has 2 nitrogen and oxygen atoms in total. The number of hydrogen-bond acceptors (Lipinski definition) is 1. The molecule has 1 heterocycles. The van der Waals surface area contributed by atoms with E-state index in [0.717, 1.165) is 23.3 Å². The quantitative estimate of drug-likeness (QED) is 0.476. The van der Waals surface area contributed by atoms with Crippen molar-refractivity contribution in [3.05, 3.63) is 96.6 Å². The Bertz CT molecular complexity index is 795. The first-order valence-corrected chi connectivity index (χ1v) is 10.6. The van der Waals surface area contributed by atoms with Crippen molar-refractivity contribution in [1.29, 1.82) is 0 Å². The fourth-order valence-electron chi connectivity index (χ4n) is 2.97. The summed E-state index contributed by atoms with van der Waals surface area (Å²) in [6, 6.07) is 31.7. The second-order valence-electron chi connectivity index (χ2n) is 5.98. The molecule has 1 aliphatic rings. The summed E-state index contributed by atoms with van der Waals surface area (Å²) in [5.41, 5.74) is 2.33. The molecule has 0 radical (unpaired) electrons. The number of ether oxygens (including phenoxy) is 1. The standard InChI is InChI=1S/C22H20NOSe/c1-4-10-18(11-5-1)22-23(19-12-6-2-7-13-19)16-20(24-22)17-25-21-14-8-3-9-15-21/h1-15,20H,16-17H2/q+1. The molecule has 3 heteroatoms. The van der Waals surface area contributed by atoms with E-state index in [1.54, 1.807) is 0 Å². The van der Waals surface area contributed by atoms with Gasteiger partial charge in [-0.2, -0.15) is 0 Å². The first-order chi connectivity index (χ1) is 12.4. The van der Waals surface area contributed by atoms with Gasteiger partial charge in [-0.25, -0.2) is 0 Å². The summed E-state index contributed by atoms with van der Waals surface area (Å²) in [5, 5.41) is 1.08. The van der Waals surface area contributed by atoms with Crippen molar-refractivity contribution in [1.82, 2.24) is 0 Å². The van der Waals surface area contributed by atoms with Gasteiger partial charge < -0.3 is 0 Å². The number of hydrogen-bond donors (Lipinski definition) is 0. The zero-order chi connectivity index (χ0) is 16.9. The maximum absolute atomic E-state index is 6.39. The Morgan fingerprint density at radius 1 is 0.800 bits per heavy atom. The van der Waals surface area contributed by atoms with E-state index >= 15 is 0 Å². The molecule has 0 aromatic heterocycles. The van der Waals surface area contributed by atoms with E-state index < -0.39 is 0 Å². The van der Waals surface area contributed by atoms with Crippen LogP contribution in [0.2, 0.25) is 5.32 Å². The van der Waals surface area contributed by atoms with E-state index in [1.165, 1.54) is 10.1 Å². The third-order valence-corrected chi connectivity index (χ3v) is 6.58. The van der Waals surface area contributed by atoms with E-state index in [2.05, 4.69) is 89.5 Å². The average molecular weight is 393 g/mol. The van der Waals surface area contributed by atoms with Crippen molar-refractivity contribution < 1.29 is 9.31 Å². The second kappa shape index (κ2) is 7.69. The molecular weight excluding hydrogens is 373 g/mol. The molecule has 4 rings (SSSR count). The topological polar surface area (TPSA) is 12.2 Å². The van der Waals surface area contributed by atoms with Gasteiger partial charge in [-0.1, -0.05) is 0 Å². The van der Waals surface area contributed by atoms with Gasteiger partial charge in [-0.05, 0) is 0 Å². The monoisotopic (exact) mass is 394 g/mol. The molecule has 0 saturated heterocycles. The zero-order valence-electron chi connectivity index (χ0n) is 13.9. The predicted molar refractivity (Wildman–Crippen MR) is 103 cm³/mol. The predicted octanol–water partition coefficient (Wildman–Crippen LogP) is 3.62.